The van der Waals surface area contributed by atoms with Gasteiger partial charge >= 0.3 is 0 Å². The van der Waals surface area contributed by atoms with Crippen molar-refractivity contribution >= 4 is 23.2 Å². The van der Waals surface area contributed by atoms with Gasteiger partial charge in [-0.1, -0.05) is 0 Å². The number of carbonyl (C=O) groups is 2. The third-order valence-corrected chi connectivity index (χ3v) is 2.50. The molecule has 0 spiro atoms. The molecule has 0 bridgehead atoms. The van der Waals surface area contributed by atoms with Crippen molar-refractivity contribution in [3.05, 3.63) is 36.9 Å². The van der Waals surface area contributed by atoms with E-state index in [1.165, 1.54) is 44.7 Å². The number of allylic oxidation sites excluding steroid dienone is 2. The van der Waals surface area contributed by atoms with Gasteiger partial charge in [-0.15, -0.1) is 0 Å². The largest absolute Gasteiger partial charge is 0.305 e. The maximum absolute atomic E-state index is 10.8. The molecule has 0 saturated heterocycles. The fourth-order valence-electron chi connectivity index (χ4n) is 1.37. The molecule has 0 radical (unpaired) electrons. The fraction of sp³-hybridized carbons (Fsp3) is 0.286. The van der Waals surface area contributed by atoms with E-state index in [1.54, 1.807) is 30.2 Å². The second kappa shape index (κ2) is 8.40. The summed E-state index contributed by atoms with van der Waals surface area (Å²) in [5.74, 6) is 1.13. The molecule has 1 aromatic rings. The normalized spacial score (nSPS) is 10.7. The predicted molar refractivity (Wildman–Crippen MR) is 84.8 cm³/mol. The number of nitrogens with one attached hydrogen (secondary N) is 2. The van der Waals surface area contributed by atoms with Gasteiger partial charge in [0.2, 0.25) is 0 Å². The van der Waals surface area contributed by atoms with E-state index in [1.807, 2.05) is 0 Å². The highest BCUT2D eigenvalue weighted by Crippen LogP contribution is 2.13. The van der Waals surface area contributed by atoms with E-state index in [-0.39, 0.29) is 11.6 Å². The minimum absolute atomic E-state index is 0.0505. The first-order valence-corrected chi connectivity index (χ1v) is 6.56. The zero-order valence-electron chi connectivity index (χ0n) is 13.1. The van der Waals surface area contributed by atoms with Crippen LogP contribution in [-0.4, -0.2) is 35.6 Å². The van der Waals surface area contributed by atoms with Gasteiger partial charge in [-0.2, -0.15) is 0 Å². The maximum Gasteiger partial charge on any atom is 0.154 e. The van der Waals surface area contributed by atoms with Gasteiger partial charge in [0.25, 0.3) is 0 Å². The Morgan fingerprint density at radius 2 is 1.36 bits per heavy atom. The molecule has 0 atom stereocenters. The summed E-state index contributed by atoms with van der Waals surface area (Å²) in [6.45, 7) is 2.94. The SMILES string of the molecule is CC(=O)/C=C/NN(C)c1cc(N(C)N/C=C/C(C)=O)ncn1. The van der Waals surface area contributed by atoms with Gasteiger partial charge in [-0.05, 0) is 26.0 Å². The first-order valence-electron chi connectivity index (χ1n) is 6.56. The molecule has 0 aromatic carbocycles. The summed E-state index contributed by atoms with van der Waals surface area (Å²) in [4.78, 5) is 29.9. The molecule has 0 fully saturated rings. The lowest BCUT2D eigenvalue weighted by molar-refractivity contribution is -0.113. The van der Waals surface area contributed by atoms with Crippen molar-refractivity contribution < 1.29 is 9.59 Å². The van der Waals surface area contributed by atoms with Crippen LogP contribution in [0.1, 0.15) is 13.8 Å². The number of hydrazine groups is 2. The van der Waals surface area contributed by atoms with Crippen LogP contribution in [0.4, 0.5) is 11.6 Å². The third kappa shape index (κ3) is 6.04. The van der Waals surface area contributed by atoms with Crippen LogP contribution in [0.2, 0.25) is 0 Å². The quantitative estimate of drug-likeness (QED) is 0.532. The van der Waals surface area contributed by atoms with Crippen LogP contribution < -0.4 is 20.9 Å². The summed E-state index contributed by atoms with van der Waals surface area (Å²) in [6, 6.07) is 1.74. The lowest BCUT2D eigenvalue weighted by Crippen LogP contribution is -2.33. The molecule has 8 nitrogen and oxygen atoms in total. The van der Waals surface area contributed by atoms with Crippen LogP contribution in [0.5, 0.6) is 0 Å². The highest BCUT2D eigenvalue weighted by molar-refractivity contribution is 5.87. The van der Waals surface area contributed by atoms with Crippen molar-refractivity contribution in [3.63, 3.8) is 0 Å². The van der Waals surface area contributed by atoms with E-state index < -0.39 is 0 Å². The zero-order chi connectivity index (χ0) is 16.5. The minimum atomic E-state index is -0.0505. The van der Waals surface area contributed by atoms with Crippen LogP contribution in [0, 0.1) is 0 Å². The van der Waals surface area contributed by atoms with Crippen LogP contribution in [0.25, 0.3) is 0 Å². The van der Waals surface area contributed by atoms with Gasteiger partial charge in [0.05, 0.1) is 0 Å². The number of aromatic nitrogens is 2. The molecule has 22 heavy (non-hydrogen) atoms. The smallest absolute Gasteiger partial charge is 0.154 e. The van der Waals surface area contributed by atoms with E-state index in [4.69, 9.17) is 0 Å². The van der Waals surface area contributed by atoms with Crippen molar-refractivity contribution in [1.82, 2.24) is 20.8 Å². The Balaban J connectivity index is 2.72. The molecule has 0 unspecified atom stereocenters. The Hall–Kier alpha value is -2.90. The number of nitrogens with zero attached hydrogens (tertiary/aromatic N) is 4. The highest BCUT2D eigenvalue weighted by atomic mass is 16.1. The van der Waals surface area contributed by atoms with Gasteiger partial charge in [-0.3, -0.25) is 19.6 Å². The molecular weight excluding hydrogens is 284 g/mol. The van der Waals surface area contributed by atoms with Crippen LogP contribution in [-0.2, 0) is 9.59 Å². The molecule has 1 aromatic heterocycles. The van der Waals surface area contributed by atoms with Gasteiger partial charge < -0.3 is 10.9 Å². The van der Waals surface area contributed by atoms with Crippen molar-refractivity contribution in [2.24, 2.45) is 0 Å². The highest BCUT2D eigenvalue weighted by Gasteiger charge is 2.05. The number of ketones is 2. The average Bonchev–Trinajstić information content (AvgIpc) is 2.46. The van der Waals surface area contributed by atoms with Crippen molar-refractivity contribution in [2.75, 3.05) is 24.1 Å². The van der Waals surface area contributed by atoms with E-state index in [9.17, 15) is 9.59 Å². The van der Waals surface area contributed by atoms with Gasteiger partial charge in [-0.25, -0.2) is 9.97 Å². The predicted octanol–water partition coefficient (Wildman–Crippen LogP) is 0.564. The second-order valence-electron chi connectivity index (χ2n) is 4.50. The average molecular weight is 304 g/mol. The third-order valence-electron chi connectivity index (χ3n) is 2.50. The Morgan fingerprint density at radius 1 is 0.955 bits per heavy atom. The molecule has 8 heteroatoms. The molecule has 118 valence electrons. The molecule has 1 rings (SSSR count). The van der Waals surface area contributed by atoms with Crippen molar-refractivity contribution in [3.8, 4) is 0 Å². The number of hydrogen-bond donors (Lipinski definition) is 2. The van der Waals surface area contributed by atoms with Crippen molar-refractivity contribution in [2.45, 2.75) is 13.8 Å². The minimum Gasteiger partial charge on any atom is -0.305 e. The summed E-state index contributed by atoms with van der Waals surface area (Å²) in [7, 11) is 3.53. The Bertz CT molecular complexity index is 537. The summed E-state index contributed by atoms with van der Waals surface area (Å²) in [6.07, 6.45) is 7.31. The number of hydrogen-bond acceptors (Lipinski definition) is 8. The molecule has 0 saturated carbocycles. The summed E-state index contributed by atoms with van der Waals surface area (Å²) in [5.41, 5.74) is 5.80. The lowest BCUT2D eigenvalue weighted by Gasteiger charge is -2.21. The standard InChI is InChI=1S/C14H20N6O2/c1-11(21)5-7-17-19(3)13-9-14(16-10-15-13)20(4)18-8-6-12(2)22/h5-10,17-18H,1-4H3/b7-5+,8-6+. The van der Waals surface area contributed by atoms with Crippen molar-refractivity contribution in [1.29, 1.82) is 0 Å². The summed E-state index contributed by atoms with van der Waals surface area (Å²) in [5, 5.41) is 3.29. The Morgan fingerprint density at radius 3 is 1.73 bits per heavy atom. The molecular formula is C14H20N6O2. The lowest BCUT2D eigenvalue weighted by atomic mass is 10.4. The van der Waals surface area contributed by atoms with Crippen LogP contribution >= 0.6 is 0 Å². The fourth-order valence-corrected chi connectivity index (χ4v) is 1.37. The molecule has 2 N–H and O–H groups in total. The Kier molecular flexibility index (Phi) is 6.55. The van der Waals surface area contributed by atoms with Gasteiger partial charge in [0.15, 0.2) is 23.2 Å². The van der Waals surface area contributed by atoms with Crippen LogP contribution in [0.3, 0.4) is 0 Å². The molecule has 0 amide bonds. The number of anilines is 2. The van der Waals surface area contributed by atoms with E-state index in [0.29, 0.717) is 11.6 Å². The summed E-state index contributed by atoms with van der Waals surface area (Å²) < 4.78 is 0. The number of carbonyl (C=O) groups excluding carboxylic acids is 2. The monoisotopic (exact) mass is 304 g/mol. The van der Waals surface area contributed by atoms with Gasteiger partial charge in [0, 0.05) is 32.6 Å². The molecule has 0 aliphatic heterocycles. The maximum atomic E-state index is 10.8. The first kappa shape index (κ1) is 17.2. The number of rotatable bonds is 8. The topological polar surface area (TPSA) is 90.5 Å². The van der Waals surface area contributed by atoms with E-state index in [2.05, 4.69) is 20.8 Å². The van der Waals surface area contributed by atoms with E-state index >= 15 is 0 Å². The zero-order valence-corrected chi connectivity index (χ0v) is 13.1. The van der Waals surface area contributed by atoms with E-state index in [0.717, 1.165) is 0 Å². The van der Waals surface area contributed by atoms with Crippen LogP contribution in [0.15, 0.2) is 36.9 Å². The molecule has 1 heterocycles. The first-order chi connectivity index (χ1) is 10.4. The summed E-state index contributed by atoms with van der Waals surface area (Å²) >= 11 is 0. The molecule has 0 aliphatic carbocycles. The Labute approximate surface area is 129 Å². The second-order valence-corrected chi connectivity index (χ2v) is 4.50. The van der Waals surface area contributed by atoms with Gasteiger partial charge in [0.1, 0.15) is 6.33 Å². The molecule has 0 aliphatic rings.